The SMILES string of the molecule is CC.CC/C=C(\CC1=C(C)CCCC1)NCCn1c2c(c3c(Cl)c(Cl)ccc31)CCNCC2. The van der Waals surface area contributed by atoms with Gasteiger partial charge in [-0.05, 0) is 69.7 Å². The second kappa shape index (κ2) is 12.9. The second-order valence-corrected chi connectivity index (χ2v) is 9.70. The van der Waals surface area contributed by atoms with Gasteiger partial charge in [0, 0.05) is 49.3 Å². The molecule has 182 valence electrons. The van der Waals surface area contributed by atoms with Gasteiger partial charge < -0.3 is 15.2 Å². The number of allylic oxidation sites excluding steroid dienone is 3. The van der Waals surface area contributed by atoms with Gasteiger partial charge in [-0.25, -0.2) is 0 Å². The van der Waals surface area contributed by atoms with Crippen molar-refractivity contribution in [2.75, 3.05) is 19.6 Å². The van der Waals surface area contributed by atoms with Crippen molar-refractivity contribution in [2.45, 2.75) is 85.6 Å². The molecule has 0 fully saturated rings. The Kier molecular flexibility index (Phi) is 10.2. The average molecular weight is 491 g/mol. The number of halogens is 2. The molecule has 4 rings (SSSR count). The first-order chi connectivity index (χ1) is 16.1. The molecule has 0 radical (unpaired) electrons. The Balaban J connectivity index is 0.00000149. The highest BCUT2D eigenvalue weighted by Gasteiger charge is 2.21. The largest absolute Gasteiger partial charge is 0.387 e. The quantitative estimate of drug-likeness (QED) is 0.387. The van der Waals surface area contributed by atoms with Crippen LogP contribution in [-0.4, -0.2) is 24.2 Å². The summed E-state index contributed by atoms with van der Waals surface area (Å²) in [6.45, 7) is 12.4. The molecule has 33 heavy (non-hydrogen) atoms. The van der Waals surface area contributed by atoms with E-state index in [1.54, 1.807) is 11.1 Å². The lowest BCUT2D eigenvalue weighted by atomic mass is 9.90. The molecular weight excluding hydrogens is 449 g/mol. The molecule has 0 saturated carbocycles. The number of benzene rings is 1. The van der Waals surface area contributed by atoms with Gasteiger partial charge in [-0.15, -0.1) is 0 Å². The Labute approximate surface area is 210 Å². The van der Waals surface area contributed by atoms with Gasteiger partial charge in [-0.3, -0.25) is 0 Å². The third-order valence-corrected chi connectivity index (χ3v) is 7.66. The van der Waals surface area contributed by atoms with E-state index >= 15 is 0 Å². The zero-order chi connectivity index (χ0) is 23.8. The smallest absolute Gasteiger partial charge is 0.0689 e. The van der Waals surface area contributed by atoms with Gasteiger partial charge in [0.1, 0.15) is 0 Å². The molecule has 0 unspecified atom stereocenters. The molecule has 2 aromatic rings. The highest BCUT2D eigenvalue weighted by molar-refractivity contribution is 6.45. The maximum absolute atomic E-state index is 6.68. The molecule has 0 spiro atoms. The highest BCUT2D eigenvalue weighted by Crippen LogP contribution is 2.37. The molecule has 1 aromatic heterocycles. The Morgan fingerprint density at radius 2 is 1.85 bits per heavy atom. The van der Waals surface area contributed by atoms with E-state index in [9.17, 15) is 0 Å². The summed E-state index contributed by atoms with van der Waals surface area (Å²) in [4.78, 5) is 0. The van der Waals surface area contributed by atoms with Crippen LogP contribution in [0.2, 0.25) is 10.0 Å². The molecule has 0 saturated heterocycles. The van der Waals surface area contributed by atoms with Crippen molar-refractivity contribution in [2.24, 2.45) is 0 Å². The summed E-state index contributed by atoms with van der Waals surface area (Å²) in [5, 5.41) is 9.80. The maximum atomic E-state index is 6.68. The van der Waals surface area contributed by atoms with Gasteiger partial charge in [0.05, 0.1) is 15.6 Å². The number of nitrogens with one attached hydrogen (secondary N) is 2. The van der Waals surface area contributed by atoms with Crippen LogP contribution in [0.25, 0.3) is 10.9 Å². The molecule has 0 bridgehead atoms. The lowest BCUT2D eigenvalue weighted by Crippen LogP contribution is -2.22. The molecule has 0 amide bonds. The minimum Gasteiger partial charge on any atom is -0.387 e. The third-order valence-electron chi connectivity index (χ3n) is 6.86. The highest BCUT2D eigenvalue weighted by atomic mass is 35.5. The number of rotatable bonds is 7. The van der Waals surface area contributed by atoms with Crippen LogP contribution < -0.4 is 10.6 Å². The summed E-state index contributed by atoms with van der Waals surface area (Å²) in [6, 6.07) is 4.08. The van der Waals surface area contributed by atoms with Gasteiger partial charge >= 0.3 is 0 Å². The number of hydrogen-bond donors (Lipinski definition) is 2. The lowest BCUT2D eigenvalue weighted by molar-refractivity contribution is 0.611. The first-order valence-corrected chi connectivity index (χ1v) is 13.6. The van der Waals surface area contributed by atoms with E-state index < -0.39 is 0 Å². The van der Waals surface area contributed by atoms with E-state index in [1.807, 2.05) is 19.9 Å². The fourth-order valence-electron chi connectivity index (χ4n) is 5.23. The normalized spacial score (nSPS) is 16.8. The van der Waals surface area contributed by atoms with Crippen molar-refractivity contribution >= 4 is 34.1 Å². The van der Waals surface area contributed by atoms with Crippen LogP contribution in [0.4, 0.5) is 0 Å². The summed E-state index contributed by atoms with van der Waals surface area (Å²) in [7, 11) is 0. The predicted molar refractivity (Wildman–Crippen MR) is 146 cm³/mol. The zero-order valence-corrected chi connectivity index (χ0v) is 22.4. The summed E-state index contributed by atoms with van der Waals surface area (Å²) in [5.41, 5.74) is 8.64. The molecule has 5 heteroatoms. The summed E-state index contributed by atoms with van der Waals surface area (Å²) in [5.74, 6) is 0. The number of hydrogen-bond acceptors (Lipinski definition) is 2. The van der Waals surface area contributed by atoms with Crippen LogP contribution in [0.3, 0.4) is 0 Å². The molecule has 2 aliphatic rings. The molecule has 0 atom stereocenters. The van der Waals surface area contributed by atoms with Crippen LogP contribution in [0.5, 0.6) is 0 Å². The number of nitrogens with zero attached hydrogens (tertiary/aromatic N) is 1. The maximum Gasteiger partial charge on any atom is 0.0689 e. The topological polar surface area (TPSA) is 29.0 Å². The molecule has 2 heterocycles. The Morgan fingerprint density at radius 1 is 1.09 bits per heavy atom. The van der Waals surface area contributed by atoms with Gasteiger partial charge in [0.25, 0.3) is 0 Å². The summed E-state index contributed by atoms with van der Waals surface area (Å²) in [6.07, 6.45) is 11.8. The monoisotopic (exact) mass is 489 g/mol. The van der Waals surface area contributed by atoms with Crippen LogP contribution in [0.15, 0.2) is 35.1 Å². The fraction of sp³-hybridized carbons (Fsp3) is 0.571. The van der Waals surface area contributed by atoms with Gasteiger partial charge in [-0.2, -0.15) is 0 Å². The van der Waals surface area contributed by atoms with Gasteiger partial charge in [-0.1, -0.05) is 61.2 Å². The van der Waals surface area contributed by atoms with Crippen molar-refractivity contribution < 1.29 is 0 Å². The van der Waals surface area contributed by atoms with Crippen molar-refractivity contribution in [3.05, 3.63) is 56.4 Å². The molecule has 1 aliphatic carbocycles. The standard InChI is InChI=1S/C26H35Cl2N3.C2H6/c1-3-6-20(17-19-8-5-4-7-18(19)2)30-15-16-31-23-12-14-29-13-11-21(23)25-24(31)10-9-22(27)26(25)28;1-2/h6,9-10,29-30H,3-5,7-8,11-17H2,1-2H3;1-2H3/b20-6+;. The molecular formula is C28H41Cl2N3. The Bertz CT molecular complexity index is 1000. The molecule has 2 N–H and O–H groups in total. The Hall–Kier alpha value is -1.42. The molecule has 1 aromatic carbocycles. The first kappa shape index (κ1) is 26.2. The van der Waals surface area contributed by atoms with Crippen molar-refractivity contribution in [1.29, 1.82) is 0 Å². The minimum atomic E-state index is 0.647. The van der Waals surface area contributed by atoms with Crippen LogP contribution in [0, 0.1) is 0 Å². The molecule has 1 aliphatic heterocycles. The second-order valence-electron chi connectivity index (χ2n) is 8.91. The lowest BCUT2D eigenvalue weighted by Gasteiger charge is -2.20. The van der Waals surface area contributed by atoms with E-state index in [0.717, 1.165) is 57.2 Å². The molecule has 3 nitrogen and oxygen atoms in total. The Morgan fingerprint density at radius 3 is 2.61 bits per heavy atom. The average Bonchev–Trinajstić information content (AvgIpc) is 2.96. The summed E-state index contributed by atoms with van der Waals surface area (Å²) >= 11 is 13.1. The summed E-state index contributed by atoms with van der Waals surface area (Å²) < 4.78 is 2.47. The van der Waals surface area contributed by atoms with E-state index in [2.05, 4.69) is 41.2 Å². The van der Waals surface area contributed by atoms with E-state index in [4.69, 9.17) is 23.2 Å². The van der Waals surface area contributed by atoms with Crippen molar-refractivity contribution in [3.63, 3.8) is 0 Å². The predicted octanol–water partition coefficient (Wildman–Crippen LogP) is 7.83. The van der Waals surface area contributed by atoms with Gasteiger partial charge in [0.2, 0.25) is 0 Å². The first-order valence-electron chi connectivity index (χ1n) is 12.9. The van der Waals surface area contributed by atoms with Crippen molar-refractivity contribution in [3.8, 4) is 0 Å². The minimum absolute atomic E-state index is 0.647. The van der Waals surface area contributed by atoms with E-state index in [-0.39, 0.29) is 0 Å². The van der Waals surface area contributed by atoms with E-state index in [1.165, 1.54) is 48.2 Å². The van der Waals surface area contributed by atoms with Crippen LogP contribution in [0.1, 0.15) is 77.5 Å². The van der Waals surface area contributed by atoms with Gasteiger partial charge in [0.15, 0.2) is 0 Å². The van der Waals surface area contributed by atoms with E-state index in [0.29, 0.717) is 10.0 Å². The number of aromatic nitrogens is 1. The van der Waals surface area contributed by atoms with Crippen LogP contribution >= 0.6 is 23.2 Å². The third kappa shape index (κ3) is 6.18. The zero-order valence-electron chi connectivity index (χ0n) is 20.9. The van der Waals surface area contributed by atoms with Crippen LogP contribution in [-0.2, 0) is 19.4 Å². The fourth-order valence-corrected chi connectivity index (χ4v) is 5.66. The van der Waals surface area contributed by atoms with Crippen molar-refractivity contribution in [1.82, 2.24) is 15.2 Å². The number of fused-ring (bicyclic) bond motifs is 3.